The Kier molecular flexibility index (Phi) is 5.21. The van der Waals surface area contributed by atoms with Crippen molar-refractivity contribution in [3.8, 4) is 0 Å². The highest BCUT2D eigenvalue weighted by atomic mass is 16.1. The Hall–Kier alpha value is -2.33. The van der Waals surface area contributed by atoms with Crippen LogP contribution < -0.4 is 10.2 Å². The number of anilines is 2. The van der Waals surface area contributed by atoms with Gasteiger partial charge >= 0.3 is 0 Å². The van der Waals surface area contributed by atoms with E-state index < -0.39 is 0 Å². The lowest BCUT2D eigenvalue weighted by Gasteiger charge is -2.36. The number of carbonyl (C=O) groups is 1. The second kappa shape index (κ2) is 7.92. The maximum Gasteiger partial charge on any atom is 0.224 e. The van der Waals surface area contributed by atoms with Gasteiger partial charge in [0.15, 0.2) is 0 Å². The second-order valence-corrected chi connectivity index (χ2v) is 7.26. The highest BCUT2D eigenvalue weighted by molar-refractivity contribution is 5.94. The Labute approximate surface area is 155 Å². The summed E-state index contributed by atoms with van der Waals surface area (Å²) in [6, 6.07) is 17.0. The van der Waals surface area contributed by atoms with Gasteiger partial charge < -0.3 is 10.2 Å². The van der Waals surface area contributed by atoms with Gasteiger partial charge in [-0.25, -0.2) is 0 Å². The number of benzene rings is 2. The van der Waals surface area contributed by atoms with E-state index in [1.54, 1.807) is 0 Å². The first-order chi connectivity index (χ1) is 12.8. The predicted molar refractivity (Wildman–Crippen MR) is 107 cm³/mol. The molecular formula is C22H27N3O. The molecule has 1 saturated heterocycles. The largest absolute Gasteiger partial charge is 0.369 e. The Morgan fingerprint density at radius 3 is 2.50 bits per heavy atom. The predicted octanol–water partition coefficient (Wildman–Crippen LogP) is 3.33. The van der Waals surface area contributed by atoms with E-state index in [0.717, 1.165) is 51.3 Å². The molecule has 4 heteroatoms. The van der Waals surface area contributed by atoms with Gasteiger partial charge in [-0.1, -0.05) is 30.3 Å². The van der Waals surface area contributed by atoms with Crippen molar-refractivity contribution in [2.45, 2.75) is 25.7 Å². The Morgan fingerprint density at radius 1 is 0.885 bits per heavy atom. The maximum absolute atomic E-state index is 11.6. The summed E-state index contributed by atoms with van der Waals surface area (Å²) in [4.78, 5) is 16.6. The number of fused-ring (bicyclic) bond motifs is 1. The van der Waals surface area contributed by atoms with Crippen molar-refractivity contribution in [2.75, 3.05) is 42.9 Å². The number of para-hydroxylation sites is 1. The molecule has 2 aromatic carbocycles. The van der Waals surface area contributed by atoms with Crippen LogP contribution in [0.5, 0.6) is 0 Å². The van der Waals surface area contributed by atoms with Crippen LogP contribution in [0.2, 0.25) is 0 Å². The molecule has 4 rings (SSSR count). The highest BCUT2D eigenvalue weighted by Crippen LogP contribution is 2.26. The Morgan fingerprint density at radius 2 is 1.69 bits per heavy atom. The second-order valence-electron chi connectivity index (χ2n) is 7.26. The van der Waals surface area contributed by atoms with Crippen LogP contribution in [0.25, 0.3) is 0 Å². The molecule has 0 spiro atoms. The molecule has 2 aliphatic heterocycles. The molecule has 0 bridgehead atoms. The molecule has 4 nitrogen and oxygen atoms in total. The van der Waals surface area contributed by atoms with E-state index in [-0.39, 0.29) is 5.91 Å². The lowest BCUT2D eigenvalue weighted by Crippen LogP contribution is -2.46. The smallest absolute Gasteiger partial charge is 0.224 e. The molecule has 0 radical (unpaired) electrons. The lowest BCUT2D eigenvalue weighted by atomic mass is 9.94. The third kappa shape index (κ3) is 3.91. The molecule has 136 valence electrons. The first kappa shape index (κ1) is 17.1. The summed E-state index contributed by atoms with van der Waals surface area (Å²) in [5.41, 5.74) is 5.12. The molecule has 1 fully saturated rings. The van der Waals surface area contributed by atoms with Gasteiger partial charge in [-0.05, 0) is 55.1 Å². The van der Waals surface area contributed by atoms with Crippen molar-refractivity contribution >= 4 is 17.3 Å². The van der Waals surface area contributed by atoms with Crippen molar-refractivity contribution in [2.24, 2.45) is 0 Å². The summed E-state index contributed by atoms with van der Waals surface area (Å²) >= 11 is 0. The Bertz CT molecular complexity index is 751. The summed E-state index contributed by atoms with van der Waals surface area (Å²) < 4.78 is 0. The zero-order chi connectivity index (χ0) is 17.8. The van der Waals surface area contributed by atoms with Crippen LogP contribution in [0.3, 0.4) is 0 Å². The molecule has 0 saturated carbocycles. The molecule has 2 aromatic rings. The van der Waals surface area contributed by atoms with Gasteiger partial charge in [0.1, 0.15) is 0 Å². The number of rotatable bonds is 5. The molecule has 26 heavy (non-hydrogen) atoms. The monoisotopic (exact) mass is 349 g/mol. The number of nitrogens with zero attached hydrogens (tertiary/aromatic N) is 2. The van der Waals surface area contributed by atoms with Crippen LogP contribution in [-0.4, -0.2) is 43.5 Å². The van der Waals surface area contributed by atoms with Gasteiger partial charge in [0, 0.05) is 44.0 Å². The van der Waals surface area contributed by atoms with Crippen molar-refractivity contribution in [3.63, 3.8) is 0 Å². The fraction of sp³-hybridized carbons (Fsp3) is 0.409. The van der Waals surface area contributed by atoms with Crippen LogP contribution in [0.15, 0.2) is 48.5 Å². The lowest BCUT2D eigenvalue weighted by molar-refractivity contribution is -0.116. The van der Waals surface area contributed by atoms with E-state index in [1.807, 2.05) is 6.07 Å². The van der Waals surface area contributed by atoms with Crippen molar-refractivity contribution in [1.82, 2.24) is 4.90 Å². The zero-order valence-corrected chi connectivity index (χ0v) is 15.3. The van der Waals surface area contributed by atoms with Gasteiger partial charge in [-0.15, -0.1) is 0 Å². The van der Waals surface area contributed by atoms with Crippen LogP contribution >= 0.6 is 0 Å². The summed E-state index contributed by atoms with van der Waals surface area (Å²) in [5.74, 6) is 0.144. The Balaban J connectivity index is 1.26. The molecule has 0 aromatic heterocycles. The summed E-state index contributed by atoms with van der Waals surface area (Å²) in [6.45, 7) is 5.64. The van der Waals surface area contributed by atoms with Crippen LogP contribution in [0.1, 0.15) is 24.0 Å². The van der Waals surface area contributed by atoms with E-state index >= 15 is 0 Å². The number of amides is 1. The number of aryl methyl sites for hydroxylation is 1. The van der Waals surface area contributed by atoms with E-state index in [1.165, 1.54) is 23.2 Å². The zero-order valence-electron chi connectivity index (χ0n) is 15.3. The summed E-state index contributed by atoms with van der Waals surface area (Å²) in [6.07, 6.45) is 3.77. The first-order valence-electron chi connectivity index (χ1n) is 9.72. The number of hydrogen-bond acceptors (Lipinski definition) is 3. The van der Waals surface area contributed by atoms with Crippen LogP contribution in [0.4, 0.5) is 11.4 Å². The number of piperazine rings is 1. The summed E-state index contributed by atoms with van der Waals surface area (Å²) in [5, 5.41) is 3.01. The minimum atomic E-state index is 0.144. The third-order valence-electron chi connectivity index (χ3n) is 5.56. The molecule has 0 atom stereocenters. The van der Waals surface area contributed by atoms with Crippen molar-refractivity contribution in [1.29, 1.82) is 0 Å². The molecular weight excluding hydrogens is 322 g/mol. The van der Waals surface area contributed by atoms with E-state index in [0.29, 0.717) is 6.42 Å². The van der Waals surface area contributed by atoms with Crippen molar-refractivity contribution in [3.05, 3.63) is 59.7 Å². The quantitative estimate of drug-likeness (QED) is 0.899. The van der Waals surface area contributed by atoms with Gasteiger partial charge in [0.05, 0.1) is 0 Å². The molecule has 0 unspecified atom stereocenters. The molecule has 1 N–H and O–H groups in total. The average molecular weight is 349 g/mol. The SMILES string of the molecule is O=C1CCc2c(CCCN3CCN(c4ccccc4)CC3)cccc2N1. The fourth-order valence-electron chi connectivity index (χ4n) is 4.09. The molecule has 2 aliphatic rings. The number of carbonyl (C=O) groups excluding carboxylic acids is 1. The molecule has 1 amide bonds. The van der Waals surface area contributed by atoms with Crippen LogP contribution in [0, 0.1) is 0 Å². The number of hydrogen-bond donors (Lipinski definition) is 1. The van der Waals surface area contributed by atoms with E-state index in [4.69, 9.17) is 0 Å². The first-order valence-corrected chi connectivity index (χ1v) is 9.72. The van der Waals surface area contributed by atoms with Gasteiger partial charge in [0.25, 0.3) is 0 Å². The normalized spacial score (nSPS) is 17.7. The van der Waals surface area contributed by atoms with E-state index in [2.05, 4.69) is 57.6 Å². The highest BCUT2D eigenvalue weighted by Gasteiger charge is 2.19. The average Bonchev–Trinajstić information content (AvgIpc) is 2.69. The number of nitrogens with one attached hydrogen (secondary N) is 1. The van der Waals surface area contributed by atoms with Gasteiger partial charge in [-0.3, -0.25) is 9.69 Å². The van der Waals surface area contributed by atoms with E-state index in [9.17, 15) is 4.79 Å². The standard InChI is InChI=1S/C22H27N3O/c26-22-12-11-20-18(6-4-10-21(20)23-22)7-5-13-24-14-16-25(17-15-24)19-8-2-1-3-9-19/h1-4,6,8-10H,5,7,11-17H2,(H,23,26). The molecule has 2 heterocycles. The van der Waals surface area contributed by atoms with Crippen molar-refractivity contribution < 1.29 is 4.79 Å². The van der Waals surface area contributed by atoms with Gasteiger partial charge in [-0.2, -0.15) is 0 Å². The minimum absolute atomic E-state index is 0.144. The minimum Gasteiger partial charge on any atom is -0.369 e. The van der Waals surface area contributed by atoms with Crippen LogP contribution in [-0.2, 0) is 17.6 Å². The third-order valence-corrected chi connectivity index (χ3v) is 5.56. The molecule has 0 aliphatic carbocycles. The topological polar surface area (TPSA) is 35.6 Å². The maximum atomic E-state index is 11.6. The summed E-state index contributed by atoms with van der Waals surface area (Å²) in [7, 11) is 0. The van der Waals surface area contributed by atoms with Gasteiger partial charge in [0.2, 0.25) is 5.91 Å². The fourth-order valence-corrected chi connectivity index (χ4v) is 4.09.